The molecule has 2 heterocycles. The monoisotopic (exact) mass is 310 g/mol. The van der Waals surface area contributed by atoms with Crippen LogP contribution >= 0.6 is 11.3 Å². The van der Waals surface area contributed by atoms with Gasteiger partial charge < -0.3 is 5.32 Å². The van der Waals surface area contributed by atoms with E-state index < -0.39 is 0 Å². The number of hydrogen-bond donors (Lipinski definition) is 1. The Labute approximate surface area is 133 Å². The Bertz CT molecular complexity index is 418. The minimum absolute atomic E-state index is 0.662. The molecule has 1 unspecified atom stereocenters. The van der Waals surface area contributed by atoms with Gasteiger partial charge in [-0.1, -0.05) is 20.8 Å². The van der Waals surface area contributed by atoms with Gasteiger partial charge in [0.05, 0.1) is 5.69 Å². The fourth-order valence-corrected chi connectivity index (χ4v) is 3.64. The topological polar surface area (TPSA) is 31.4 Å². The highest BCUT2D eigenvalue weighted by Crippen LogP contribution is 2.15. The van der Waals surface area contributed by atoms with E-state index in [1.54, 1.807) is 11.3 Å². The number of nitrogens with one attached hydrogen (secondary N) is 1. The Hall–Kier alpha value is -0.490. The van der Waals surface area contributed by atoms with E-state index in [2.05, 4.69) is 48.2 Å². The number of aromatic nitrogens is 1. The minimum atomic E-state index is 0.662. The molecule has 5 heteroatoms. The normalized spacial score (nSPS) is 21.3. The van der Waals surface area contributed by atoms with E-state index in [9.17, 15) is 0 Å². The molecule has 0 aromatic carbocycles. The molecule has 120 valence electrons. The average molecular weight is 311 g/mol. The van der Waals surface area contributed by atoms with Crippen LogP contribution in [0.2, 0.25) is 0 Å². The summed E-state index contributed by atoms with van der Waals surface area (Å²) in [5, 5.41) is 6.91. The molecule has 21 heavy (non-hydrogen) atoms. The summed E-state index contributed by atoms with van der Waals surface area (Å²) in [5.41, 5.74) is 1.23. The Morgan fingerprint density at radius 3 is 2.90 bits per heavy atom. The second-order valence-corrected chi connectivity index (χ2v) is 7.41. The molecule has 0 amide bonds. The summed E-state index contributed by atoms with van der Waals surface area (Å²) >= 11 is 1.78. The van der Waals surface area contributed by atoms with E-state index in [0.717, 1.165) is 39.3 Å². The lowest BCUT2D eigenvalue weighted by Crippen LogP contribution is -2.51. The maximum absolute atomic E-state index is 4.77. The van der Waals surface area contributed by atoms with Crippen molar-refractivity contribution in [2.24, 2.45) is 5.92 Å². The Morgan fingerprint density at radius 2 is 2.24 bits per heavy atom. The summed E-state index contributed by atoms with van der Waals surface area (Å²) in [6.07, 6.45) is 0. The molecule has 1 aromatic rings. The SMILES string of the molecule is CCN1CCN(Cc2csc(CNCC(C)C)n2)CC1C. The maximum atomic E-state index is 4.77. The summed E-state index contributed by atoms with van der Waals surface area (Å²) in [6.45, 7) is 16.7. The molecule has 0 bridgehead atoms. The minimum Gasteiger partial charge on any atom is -0.310 e. The number of likely N-dealkylation sites (N-methyl/N-ethyl adjacent to an activating group) is 1. The molecule has 4 nitrogen and oxygen atoms in total. The fraction of sp³-hybridized carbons (Fsp3) is 0.812. The molecule has 2 rings (SSSR count). The second-order valence-electron chi connectivity index (χ2n) is 6.47. The van der Waals surface area contributed by atoms with E-state index in [1.807, 2.05) is 0 Å². The zero-order valence-electron chi connectivity index (χ0n) is 13.9. The molecule has 0 saturated carbocycles. The standard InChI is InChI=1S/C16H30N4S/c1-5-20-7-6-19(10-14(20)4)11-15-12-21-16(18-15)9-17-8-13(2)3/h12-14,17H,5-11H2,1-4H3. The van der Waals surface area contributed by atoms with Gasteiger partial charge >= 0.3 is 0 Å². The first-order valence-corrected chi connectivity index (χ1v) is 9.06. The summed E-state index contributed by atoms with van der Waals surface area (Å²) in [7, 11) is 0. The van der Waals surface area contributed by atoms with E-state index in [-0.39, 0.29) is 0 Å². The van der Waals surface area contributed by atoms with Gasteiger partial charge in [-0.3, -0.25) is 9.80 Å². The first kappa shape index (κ1) is 16.9. The van der Waals surface area contributed by atoms with E-state index in [4.69, 9.17) is 4.98 Å². The van der Waals surface area contributed by atoms with Crippen molar-refractivity contribution in [1.29, 1.82) is 0 Å². The third kappa shape index (κ3) is 5.33. The third-order valence-electron chi connectivity index (χ3n) is 4.07. The van der Waals surface area contributed by atoms with E-state index >= 15 is 0 Å². The molecule has 1 fully saturated rings. The molecule has 1 saturated heterocycles. The first-order valence-electron chi connectivity index (χ1n) is 8.18. The van der Waals surface area contributed by atoms with E-state index in [0.29, 0.717) is 12.0 Å². The summed E-state index contributed by atoms with van der Waals surface area (Å²) in [5.74, 6) is 0.695. The molecule has 1 aliphatic rings. The molecule has 1 aliphatic heterocycles. The van der Waals surface area contributed by atoms with Gasteiger partial charge in [0.25, 0.3) is 0 Å². The molecule has 1 atom stereocenters. The zero-order valence-corrected chi connectivity index (χ0v) is 14.7. The number of rotatable bonds is 7. The number of nitrogens with zero attached hydrogens (tertiary/aromatic N) is 3. The van der Waals surface area contributed by atoms with Crippen molar-refractivity contribution in [3.05, 3.63) is 16.1 Å². The van der Waals surface area contributed by atoms with E-state index in [1.165, 1.54) is 17.2 Å². The van der Waals surface area contributed by atoms with Crippen molar-refractivity contribution >= 4 is 11.3 Å². The summed E-state index contributed by atoms with van der Waals surface area (Å²) < 4.78 is 0. The van der Waals surface area contributed by atoms with Crippen LogP contribution in [0.1, 0.15) is 38.4 Å². The fourth-order valence-electron chi connectivity index (χ4n) is 2.88. The summed E-state index contributed by atoms with van der Waals surface area (Å²) in [6, 6.07) is 0.662. The molecular formula is C16H30N4S. The molecule has 1 N–H and O–H groups in total. The molecular weight excluding hydrogens is 280 g/mol. The predicted molar refractivity (Wildman–Crippen MR) is 90.6 cm³/mol. The lowest BCUT2D eigenvalue weighted by atomic mass is 10.2. The van der Waals surface area contributed by atoms with Crippen LogP contribution in [0.4, 0.5) is 0 Å². The van der Waals surface area contributed by atoms with Gasteiger partial charge in [-0.25, -0.2) is 4.98 Å². The van der Waals surface area contributed by atoms with Crippen LogP contribution in [0.5, 0.6) is 0 Å². The van der Waals surface area contributed by atoms with Crippen molar-refractivity contribution in [1.82, 2.24) is 20.1 Å². The van der Waals surface area contributed by atoms with Gasteiger partial charge in [-0.15, -0.1) is 11.3 Å². The number of thiazole rings is 1. The van der Waals surface area contributed by atoms with Crippen LogP contribution in [-0.4, -0.2) is 53.5 Å². The van der Waals surface area contributed by atoms with Crippen LogP contribution in [0.25, 0.3) is 0 Å². The van der Waals surface area contributed by atoms with Crippen LogP contribution in [0.15, 0.2) is 5.38 Å². The van der Waals surface area contributed by atoms with Crippen molar-refractivity contribution in [3.8, 4) is 0 Å². The maximum Gasteiger partial charge on any atom is 0.107 e. The smallest absolute Gasteiger partial charge is 0.107 e. The highest BCUT2D eigenvalue weighted by Gasteiger charge is 2.22. The summed E-state index contributed by atoms with van der Waals surface area (Å²) in [4.78, 5) is 9.86. The van der Waals surface area contributed by atoms with Gasteiger partial charge in [-0.05, 0) is 25.9 Å². The van der Waals surface area contributed by atoms with Crippen LogP contribution in [-0.2, 0) is 13.1 Å². The molecule has 1 aromatic heterocycles. The lowest BCUT2D eigenvalue weighted by molar-refractivity contribution is 0.0827. The average Bonchev–Trinajstić information content (AvgIpc) is 2.86. The largest absolute Gasteiger partial charge is 0.310 e. The molecule has 0 radical (unpaired) electrons. The number of hydrogen-bond acceptors (Lipinski definition) is 5. The van der Waals surface area contributed by atoms with Crippen LogP contribution in [0, 0.1) is 5.92 Å². The Balaban J connectivity index is 1.77. The molecule has 0 spiro atoms. The van der Waals surface area contributed by atoms with Gasteiger partial charge in [0.1, 0.15) is 5.01 Å². The lowest BCUT2D eigenvalue weighted by Gasteiger charge is -2.39. The quantitative estimate of drug-likeness (QED) is 0.838. The Kier molecular flexibility index (Phi) is 6.61. The zero-order chi connectivity index (χ0) is 15.2. The van der Waals surface area contributed by atoms with Crippen molar-refractivity contribution < 1.29 is 0 Å². The van der Waals surface area contributed by atoms with Gasteiger partial charge in [0.2, 0.25) is 0 Å². The predicted octanol–water partition coefficient (Wildman–Crippen LogP) is 2.41. The van der Waals surface area contributed by atoms with Crippen molar-refractivity contribution in [3.63, 3.8) is 0 Å². The third-order valence-corrected chi connectivity index (χ3v) is 4.97. The van der Waals surface area contributed by atoms with Gasteiger partial charge in [0, 0.05) is 44.1 Å². The highest BCUT2D eigenvalue weighted by atomic mass is 32.1. The molecule has 0 aliphatic carbocycles. The van der Waals surface area contributed by atoms with Crippen molar-refractivity contribution in [2.45, 2.75) is 46.8 Å². The highest BCUT2D eigenvalue weighted by molar-refractivity contribution is 7.09. The second kappa shape index (κ2) is 8.22. The van der Waals surface area contributed by atoms with Gasteiger partial charge in [-0.2, -0.15) is 0 Å². The van der Waals surface area contributed by atoms with Crippen LogP contribution < -0.4 is 5.32 Å². The van der Waals surface area contributed by atoms with Crippen molar-refractivity contribution in [2.75, 3.05) is 32.7 Å². The number of piperazine rings is 1. The Morgan fingerprint density at radius 1 is 1.43 bits per heavy atom. The van der Waals surface area contributed by atoms with Gasteiger partial charge in [0.15, 0.2) is 0 Å². The van der Waals surface area contributed by atoms with Crippen LogP contribution in [0.3, 0.4) is 0 Å². The first-order chi connectivity index (χ1) is 10.1.